The third-order valence-electron chi connectivity index (χ3n) is 4.72. The molecule has 0 aromatic carbocycles. The predicted octanol–water partition coefficient (Wildman–Crippen LogP) is 4.48. The standard InChI is InChI=1S/C19H25BrN4OS/c1-14-5-7-24(8-6-14)18-4-3-15(10-21-18)11-22-19(25)23(2)12-17-9-16(20)13-26-17/h3-4,9-10,13-14H,5-8,11-12H2,1-2H3,(H,22,25). The van der Waals surface area contributed by atoms with Crippen LogP contribution in [0.2, 0.25) is 0 Å². The minimum atomic E-state index is -0.0800. The lowest BCUT2D eigenvalue weighted by Gasteiger charge is -2.31. The van der Waals surface area contributed by atoms with Gasteiger partial charge in [-0.1, -0.05) is 13.0 Å². The normalized spacial score (nSPS) is 15.1. The second kappa shape index (κ2) is 8.86. The molecule has 2 aromatic heterocycles. The number of aromatic nitrogens is 1. The van der Waals surface area contributed by atoms with Crippen molar-refractivity contribution in [1.29, 1.82) is 0 Å². The molecule has 7 heteroatoms. The molecule has 26 heavy (non-hydrogen) atoms. The van der Waals surface area contributed by atoms with Gasteiger partial charge in [0.15, 0.2) is 0 Å². The molecule has 5 nitrogen and oxygen atoms in total. The lowest BCUT2D eigenvalue weighted by Crippen LogP contribution is -2.36. The molecule has 2 amide bonds. The lowest BCUT2D eigenvalue weighted by atomic mass is 9.99. The van der Waals surface area contributed by atoms with Crippen molar-refractivity contribution in [2.75, 3.05) is 25.0 Å². The third kappa shape index (κ3) is 5.20. The highest BCUT2D eigenvalue weighted by Crippen LogP contribution is 2.22. The zero-order valence-corrected chi connectivity index (χ0v) is 17.6. The van der Waals surface area contributed by atoms with Gasteiger partial charge < -0.3 is 15.1 Å². The zero-order valence-electron chi connectivity index (χ0n) is 15.2. The first-order valence-electron chi connectivity index (χ1n) is 8.93. The largest absolute Gasteiger partial charge is 0.357 e. The van der Waals surface area contributed by atoms with Gasteiger partial charge in [-0.25, -0.2) is 9.78 Å². The van der Waals surface area contributed by atoms with Gasteiger partial charge in [0.1, 0.15) is 5.82 Å². The van der Waals surface area contributed by atoms with E-state index in [1.54, 1.807) is 16.2 Å². The van der Waals surface area contributed by atoms with Crippen molar-refractivity contribution in [1.82, 2.24) is 15.2 Å². The maximum Gasteiger partial charge on any atom is 0.317 e. The summed E-state index contributed by atoms with van der Waals surface area (Å²) in [6.45, 7) is 5.56. The first kappa shape index (κ1) is 19.2. The number of piperidine rings is 1. The number of rotatable bonds is 5. The molecule has 3 heterocycles. The number of carbonyl (C=O) groups excluding carboxylic acids is 1. The Morgan fingerprint density at radius 3 is 2.81 bits per heavy atom. The van der Waals surface area contributed by atoms with E-state index in [0.29, 0.717) is 13.1 Å². The molecule has 1 aliphatic heterocycles. The molecule has 0 aliphatic carbocycles. The van der Waals surface area contributed by atoms with Gasteiger partial charge in [-0.3, -0.25) is 0 Å². The number of anilines is 1. The van der Waals surface area contributed by atoms with Crippen LogP contribution in [0, 0.1) is 5.92 Å². The molecule has 0 spiro atoms. The monoisotopic (exact) mass is 436 g/mol. The number of thiophene rings is 1. The highest BCUT2D eigenvalue weighted by molar-refractivity contribution is 9.10. The average molecular weight is 437 g/mol. The summed E-state index contributed by atoms with van der Waals surface area (Å²) >= 11 is 5.08. The molecule has 0 radical (unpaired) electrons. The molecule has 1 N–H and O–H groups in total. The van der Waals surface area contributed by atoms with Crippen molar-refractivity contribution >= 4 is 39.1 Å². The van der Waals surface area contributed by atoms with Crippen molar-refractivity contribution in [3.8, 4) is 0 Å². The van der Waals surface area contributed by atoms with Crippen molar-refractivity contribution < 1.29 is 4.79 Å². The molecule has 140 valence electrons. The number of amides is 2. The molecule has 3 rings (SSSR count). The van der Waals surface area contributed by atoms with E-state index in [2.05, 4.69) is 50.2 Å². The van der Waals surface area contributed by atoms with Crippen molar-refractivity contribution in [2.45, 2.75) is 32.9 Å². The van der Waals surface area contributed by atoms with Crippen LogP contribution in [0.3, 0.4) is 0 Å². The van der Waals surface area contributed by atoms with Gasteiger partial charge in [0.25, 0.3) is 0 Å². The zero-order chi connectivity index (χ0) is 18.5. The van der Waals surface area contributed by atoms with E-state index in [0.717, 1.165) is 39.7 Å². The Kier molecular flexibility index (Phi) is 6.53. The van der Waals surface area contributed by atoms with Crippen LogP contribution in [0.1, 0.15) is 30.2 Å². The number of nitrogens with one attached hydrogen (secondary N) is 1. The number of carbonyl (C=O) groups is 1. The van der Waals surface area contributed by atoms with Crippen LogP contribution >= 0.6 is 27.3 Å². The molecule has 0 atom stereocenters. The molecule has 2 aromatic rings. The molecule has 1 saturated heterocycles. The average Bonchev–Trinajstić information content (AvgIpc) is 3.05. The fraction of sp³-hybridized carbons (Fsp3) is 0.474. The molecular formula is C19H25BrN4OS. The number of nitrogens with zero attached hydrogens (tertiary/aromatic N) is 3. The first-order valence-corrected chi connectivity index (χ1v) is 10.6. The highest BCUT2D eigenvalue weighted by Gasteiger charge is 2.16. The van der Waals surface area contributed by atoms with Crippen LogP contribution < -0.4 is 10.2 Å². The molecule has 0 unspecified atom stereocenters. The molecule has 0 bridgehead atoms. The lowest BCUT2D eigenvalue weighted by molar-refractivity contribution is 0.207. The Labute approximate surface area is 167 Å². The minimum absolute atomic E-state index is 0.0800. The predicted molar refractivity (Wildman–Crippen MR) is 111 cm³/mol. The van der Waals surface area contributed by atoms with Crippen molar-refractivity contribution in [3.63, 3.8) is 0 Å². The first-order chi connectivity index (χ1) is 12.5. The van der Waals surface area contributed by atoms with Gasteiger partial charge in [0.05, 0.1) is 6.54 Å². The minimum Gasteiger partial charge on any atom is -0.357 e. The van der Waals surface area contributed by atoms with Gasteiger partial charge in [-0.05, 0) is 52.4 Å². The van der Waals surface area contributed by atoms with Gasteiger partial charge in [0, 0.05) is 47.6 Å². The quantitative estimate of drug-likeness (QED) is 0.750. The van der Waals surface area contributed by atoms with Gasteiger partial charge in [0.2, 0.25) is 0 Å². The maximum atomic E-state index is 12.3. The van der Waals surface area contributed by atoms with E-state index in [-0.39, 0.29) is 6.03 Å². The summed E-state index contributed by atoms with van der Waals surface area (Å²) in [6, 6.07) is 6.07. The number of pyridine rings is 1. The summed E-state index contributed by atoms with van der Waals surface area (Å²) in [6.07, 6.45) is 4.32. The molecule has 1 aliphatic rings. The van der Waals surface area contributed by atoms with Crippen LogP contribution in [-0.4, -0.2) is 36.1 Å². The molecule has 0 saturated carbocycles. The molecular weight excluding hydrogens is 412 g/mol. The second-order valence-corrected chi connectivity index (χ2v) is 8.85. The smallest absolute Gasteiger partial charge is 0.317 e. The summed E-state index contributed by atoms with van der Waals surface area (Å²) < 4.78 is 1.06. The maximum absolute atomic E-state index is 12.3. The SMILES string of the molecule is CC1CCN(c2ccc(CNC(=O)N(C)Cc3cc(Br)cs3)cn2)CC1. The number of urea groups is 1. The van der Waals surface area contributed by atoms with E-state index in [1.165, 1.54) is 12.8 Å². The van der Waals surface area contributed by atoms with E-state index in [1.807, 2.05) is 24.7 Å². The van der Waals surface area contributed by atoms with E-state index >= 15 is 0 Å². The topological polar surface area (TPSA) is 48.5 Å². The van der Waals surface area contributed by atoms with Gasteiger partial charge >= 0.3 is 6.03 Å². The summed E-state index contributed by atoms with van der Waals surface area (Å²) in [7, 11) is 1.81. The van der Waals surface area contributed by atoms with Crippen LogP contribution in [0.25, 0.3) is 0 Å². The van der Waals surface area contributed by atoms with Crippen LogP contribution in [-0.2, 0) is 13.1 Å². The second-order valence-electron chi connectivity index (χ2n) is 6.94. The van der Waals surface area contributed by atoms with E-state index < -0.39 is 0 Å². The van der Waals surface area contributed by atoms with Crippen LogP contribution in [0.4, 0.5) is 10.6 Å². The Morgan fingerprint density at radius 1 is 1.42 bits per heavy atom. The van der Waals surface area contributed by atoms with Crippen molar-refractivity contribution in [2.24, 2.45) is 5.92 Å². The Bertz CT molecular complexity index is 725. The summed E-state index contributed by atoms with van der Waals surface area (Å²) in [5.41, 5.74) is 1.01. The van der Waals surface area contributed by atoms with E-state index in [9.17, 15) is 4.79 Å². The number of halogens is 1. The third-order valence-corrected chi connectivity index (χ3v) is 6.40. The van der Waals surface area contributed by atoms with Gasteiger partial charge in [-0.2, -0.15) is 0 Å². The summed E-state index contributed by atoms with van der Waals surface area (Å²) in [5, 5.41) is 4.98. The highest BCUT2D eigenvalue weighted by atomic mass is 79.9. The summed E-state index contributed by atoms with van der Waals surface area (Å²) in [4.78, 5) is 22.0. The fourth-order valence-corrected chi connectivity index (χ4v) is 4.50. The summed E-state index contributed by atoms with van der Waals surface area (Å²) in [5.74, 6) is 1.85. The fourth-order valence-electron chi connectivity index (χ4n) is 3.00. The Balaban J connectivity index is 1.47. The Morgan fingerprint density at radius 2 is 2.19 bits per heavy atom. The van der Waals surface area contributed by atoms with Crippen LogP contribution in [0.15, 0.2) is 34.2 Å². The molecule has 1 fully saturated rings. The van der Waals surface area contributed by atoms with Gasteiger partial charge in [-0.15, -0.1) is 11.3 Å². The Hall–Kier alpha value is -1.60. The van der Waals surface area contributed by atoms with Crippen LogP contribution in [0.5, 0.6) is 0 Å². The number of hydrogen-bond donors (Lipinski definition) is 1. The number of hydrogen-bond acceptors (Lipinski definition) is 4. The van der Waals surface area contributed by atoms with Crippen molar-refractivity contribution in [3.05, 3.63) is 44.7 Å². The van der Waals surface area contributed by atoms with E-state index in [4.69, 9.17) is 0 Å².